The lowest BCUT2D eigenvalue weighted by molar-refractivity contribution is -0.138. The molecule has 7 heteroatoms. The van der Waals surface area contributed by atoms with E-state index in [1.54, 1.807) is 4.90 Å². The summed E-state index contributed by atoms with van der Waals surface area (Å²) in [4.78, 5) is 26.3. The van der Waals surface area contributed by atoms with Crippen molar-refractivity contribution in [3.05, 3.63) is 0 Å². The number of ether oxygens (including phenoxy) is 1. The number of nitrogens with zero attached hydrogens (tertiary/aromatic N) is 2. The summed E-state index contributed by atoms with van der Waals surface area (Å²) in [6, 6.07) is 0. The Morgan fingerprint density at radius 1 is 1.15 bits per heavy atom. The average molecular weight is 288 g/mol. The summed E-state index contributed by atoms with van der Waals surface area (Å²) in [6.07, 6.45) is 2.09. The normalized spacial score (nSPS) is 15.0. The number of carboxylic acid groups (broad SMARTS) is 1. The van der Waals surface area contributed by atoms with Crippen molar-refractivity contribution >= 4 is 11.9 Å². The number of hydrogen-bond acceptors (Lipinski definition) is 5. The van der Waals surface area contributed by atoms with Crippen LogP contribution < -0.4 is 0 Å². The number of carbonyl (C=O) groups is 2. The number of rotatable bonds is 10. The van der Waals surface area contributed by atoms with Gasteiger partial charge in [0.1, 0.15) is 0 Å². The molecule has 0 bridgehead atoms. The number of hydrogen-bond donors (Lipinski definition) is 2. The minimum absolute atomic E-state index is 0.00722. The fourth-order valence-corrected chi connectivity index (χ4v) is 2.14. The highest BCUT2D eigenvalue weighted by atomic mass is 16.5. The Labute approximate surface area is 119 Å². The zero-order valence-electron chi connectivity index (χ0n) is 11.8. The number of carboxylic acids is 1. The Hall–Kier alpha value is -1.18. The van der Waals surface area contributed by atoms with Gasteiger partial charge in [0.2, 0.25) is 5.91 Å². The number of aliphatic hydroxyl groups is 1. The zero-order chi connectivity index (χ0) is 14.8. The van der Waals surface area contributed by atoms with Crippen LogP contribution in [0.2, 0.25) is 0 Å². The number of likely N-dealkylation sites (tertiary alicyclic amines) is 1. The van der Waals surface area contributed by atoms with Gasteiger partial charge < -0.3 is 19.8 Å². The molecule has 1 aliphatic rings. The molecule has 0 aliphatic carbocycles. The summed E-state index contributed by atoms with van der Waals surface area (Å²) < 4.78 is 5.16. The van der Waals surface area contributed by atoms with Gasteiger partial charge >= 0.3 is 5.97 Å². The lowest BCUT2D eigenvalue weighted by Crippen LogP contribution is -2.41. The van der Waals surface area contributed by atoms with Crippen LogP contribution in [0.15, 0.2) is 0 Å². The molecular formula is C13H24N2O5. The highest BCUT2D eigenvalue weighted by Crippen LogP contribution is 2.08. The van der Waals surface area contributed by atoms with Crippen molar-refractivity contribution in [3.63, 3.8) is 0 Å². The van der Waals surface area contributed by atoms with Gasteiger partial charge in [0.05, 0.1) is 32.8 Å². The molecule has 116 valence electrons. The van der Waals surface area contributed by atoms with E-state index in [-0.39, 0.29) is 32.1 Å². The summed E-state index contributed by atoms with van der Waals surface area (Å²) in [7, 11) is 0. The van der Waals surface area contributed by atoms with Crippen molar-refractivity contribution in [1.29, 1.82) is 0 Å². The maximum absolute atomic E-state index is 12.0. The molecule has 0 saturated carbocycles. The van der Waals surface area contributed by atoms with Gasteiger partial charge in [-0.25, -0.2) is 0 Å². The molecule has 0 aromatic rings. The lowest BCUT2D eigenvalue weighted by Gasteiger charge is -2.24. The highest BCUT2D eigenvalue weighted by molar-refractivity contribution is 5.78. The first-order valence-corrected chi connectivity index (χ1v) is 7.04. The van der Waals surface area contributed by atoms with Crippen LogP contribution in [0.1, 0.15) is 19.3 Å². The lowest BCUT2D eigenvalue weighted by atomic mass is 10.3. The van der Waals surface area contributed by atoms with E-state index in [9.17, 15) is 9.59 Å². The summed E-state index contributed by atoms with van der Waals surface area (Å²) in [5, 5.41) is 17.4. The molecular weight excluding hydrogens is 264 g/mol. The summed E-state index contributed by atoms with van der Waals surface area (Å²) in [5.41, 5.74) is 0. The van der Waals surface area contributed by atoms with Gasteiger partial charge in [-0.3, -0.25) is 14.5 Å². The van der Waals surface area contributed by atoms with Crippen LogP contribution in [-0.4, -0.2) is 84.4 Å². The Balaban J connectivity index is 2.34. The van der Waals surface area contributed by atoms with Crippen molar-refractivity contribution in [3.8, 4) is 0 Å². The Morgan fingerprint density at radius 3 is 2.45 bits per heavy atom. The first-order valence-electron chi connectivity index (χ1n) is 7.04. The molecule has 1 heterocycles. The molecule has 0 aromatic carbocycles. The van der Waals surface area contributed by atoms with Crippen LogP contribution in [0.4, 0.5) is 0 Å². The van der Waals surface area contributed by atoms with Gasteiger partial charge in [-0.15, -0.1) is 0 Å². The van der Waals surface area contributed by atoms with Gasteiger partial charge in [-0.05, 0) is 12.8 Å². The molecule has 1 saturated heterocycles. The minimum Gasteiger partial charge on any atom is -0.481 e. The van der Waals surface area contributed by atoms with E-state index in [2.05, 4.69) is 0 Å². The quantitative estimate of drug-likeness (QED) is 0.521. The monoisotopic (exact) mass is 288 g/mol. The Morgan fingerprint density at radius 2 is 1.85 bits per heavy atom. The molecule has 2 N–H and O–H groups in total. The number of carbonyl (C=O) groups excluding carboxylic acids is 1. The maximum atomic E-state index is 12.0. The molecule has 20 heavy (non-hydrogen) atoms. The second-order valence-electron chi connectivity index (χ2n) is 4.84. The van der Waals surface area contributed by atoms with Crippen molar-refractivity contribution in [2.24, 2.45) is 0 Å². The number of aliphatic carboxylic acids is 1. The highest BCUT2D eigenvalue weighted by Gasteiger charge is 2.20. The molecule has 0 aromatic heterocycles. The topological polar surface area (TPSA) is 90.3 Å². The van der Waals surface area contributed by atoms with E-state index in [1.165, 1.54) is 0 Å². The second-order valence-corrected chi connectivity index (χ2v) is 4.84. The van der Waals surface area contributed by atoms with Crippen LogP contribution in [0.3, 0.4) is 0 Å². The maximum Gasteiger partial charge on any atom is 0.304 e. The molecule has 1 fully saturated rings. The Bertz CT molecular complexity index is 305. The zero-order valence-corrected chi connectivity index (χ0v) is 11.8. The van der Waals surface area contributed by atoms with E-state index in [4.69, 9.17) is 14.9 Å². The predicted molar refractivity (Wildman–Crippen MR) is 72.4 cm³/mol. The second kappa shape index (κ2) is 9.68. The first kappa shape index (κ1) is 16.9. The van der Waals surface area contributed by atoms with Gasteiger partial charge in [0.25, 0.3) is 0 Å². The van der Waals surface area contributed by atoms with Gasteiger partial charge in [0.15, 0.2) is 0 Å². The smallest absolute Gasteiger partial charge is 0.304 e. The molecule has 0 atom stereocenters. The molecule has 0 radical (unpaired) electrons. The summed E-state index contributed by atoms with van der Waals surface area (Å²) >= 11 is 0. The van der Waals surface area contributed by atoms with Crippen LogP contribution in [0.25, 0.3) is 0 Å². The fraction of sp³-hybridized carbons (Fsp3) is 0.846. The third-order valence-electron chi connectivity index (χ3n) is 3.25. The third kappa shape index (κ3) is 6.83. The van der Waals surface area contributed by atoms with E-state index in [0.29, 0.717) is 19.7 Å². The van der Waals surface area contributed by atoms with Gasteiger partial charge in [-0.1, -0.05) is 0 Å². The molecule has 7 nitrogen and oxygen atoms in total. The minimum atomic E-state index is -0.875. The van der Waals surface area contributed by atoms with Crippen LogP contribution in [0.5, 0.6) is 0 Å². The standard InChI is InChI=1S/C13H24N2O5/c16-8-10-20-9-7-14(6-3-13(18)19)11-12(17)15-4-1-2-5-15/h16H,1-11H2,(H,18,19). The summed E-state index contributed by atoms with van der Waals surface area (Å²) in [6.45, 7) is 3.25. The molecule has 0 unspecified atom stereocenters. The van der Waals surface area contributed by atoms with E-state index >= 15 is 0 Å². The largest absolute Gasteiger partial charge is 0.481 e. The summed E-state index contributed by atoms with van der Waals surface area (Å²) in [5.74, 6) is -0.824. The van der Waals surface area contributed by atoms with E-state index in [1.807, 2.05) is 4.90 Å². The SMILES string of the molecule is O=C(O)CCN(CCOCCO)CC(=O)N1CCCC1. The fourth-order valence-electron chi connectivity index (χ4n) is 2.14. The van der Waals surface area contributed by atoms with Gasteiger partial charge in [0, 0.05) is 26.2 Å². The van der Waals surface area contributed by atoms with Crippen LogP contribution >= 0.6 is 0 Å². The van der Waals surface area contributed by atoms with Crippen LogP contribution in [-0.2, 0) is 14.3 Å². The van der Waals surface area contributed by atoms with Gasteiger partial charge in [-0.2, -0.15) is 0 Å². The molecule has 1 aliphatic heterocycles. The molecule has 1 rings (SSSR count). The molecule has 1 amide bonds. The van der Waals surface area contributed by atoms with E-state index < -0.39 is 5.97 Å². The molecule has 0 spiro atoms. The number of aliphatic hydroxyl groups excluding tert-OH is 1. The van der Waals surface area contributed by atoms with Crippen molar-refractivity contribution in [2.45, 2.75) is 19.3 Å². The first-order chi connectivity index (χ1) is 9.63. The van der Waals surface area contributed by atoms with Crippen molar-refractivity contribution < 1.29 is 24.5 Å². The van der Waals surface area contributed by atoms with E-state index in [0.717, 1.165) is 25.9 Å². The van der Waals surface area contributed by atoms with Crippen molar-refractivity contribution in [2.75, 3.05) is 52.5 Å². The van der Waals surface area contributed by atoms with Crippen molar-refractivity contribution in [1.82, 2.24) is 9.80 Å². The predicted octanol–water partition coefficient (Wildman–Crippen LogP) is -0.606. The number of amides is 1. The third-order valence-corrected chi connectivity index (χ3v) is 3.25. The Kier molecular flexibility index (Phi) is 8.17. The average Bonchev–Trinajstić information content (AvgIpc) is 2.94. The van der Waals surface area contributed by atoms with Crippen LogP contribution in [0, 0.1) is 0 Å².